The predicted molar refractivity (Wildman–Crippen MR) is 101 cm³/mol. The standard InChI is InChI=1S/C20H21ClN2O2/c1-13(15-7-9-17(21)10-8-15)22-12-20(24)23-14(2)19-11-16-5-3-4-6-18(16)25-19/h3-11,13-14,22H,12H2,1-2H3,(H,23,24)/t13-,14+/m1/s1. The van der Waals surface area contributed by atoms with E-state index in [0.717, 1.165) is 22.3 Å². The van der Waals surface area contributed by atoms with E-state index in [0.29, 0.717) is 5.02 Å². The second-order valence-corrected chi connectivity index (χ2v) is 6.57. The molecular formula is C20H21ClN2O2. The van der Waals surface area contributed by atoms with E-state index in [1.165, 1.54) is 0 Å². The summed E-state index contributed by atoms with van der Waals surface area (Å²) in [6.07, 6.45) is 0. The summed E-state index contributed by atoms with van der Waals surface area (Å²) < 4.78 is 5.79. The molecule has 0 fully saturated rings. The maximum atomic E-state index is 12.2. The first kappa shape index (κ1) is 17.5. The lowest BCUT2D eigenvalue weighted by atomic mass is 10.1. The van der Waals surface area contributed by atoms with Crippen LogP contribution in [0, 0.1) is 0 Å². The van der Waals surface area contributed by atoms with Crippen molar-refractivity contribution in [2.24, 2.45) is 0 Å². The molecular weight excluding hydrogens is 336 g/mol. The number of para-hydroxylation sites is 1. The highest BCUT2D eigenvalue weighted by Gasteiger charge is 2.15. The average molecular weight is 357 g/mol. The maximum Gasteiger partial charge on any atom is 0.234 e. The van der Waals surface area contributed by atoms with Crippen LogP contribution in [0.4, 0.5) is 0 Å². The molecule has 1 heterocycles. The number of halogens is 1. The lowest BCUT2D eigenvalue weighted by Crippen LogP contribution is -2.36. The smallest absolute Gasteiger partial charge is 0.234 e. The number of hydrogen-bond donors (Lipinski definition) is 2. The Morgan fingerprint density at radius 3 is 2.52 bits per heavy atom. The van der Waals surface area contributed by atoms with E-state index in [2.05, 4.69) is 10.6 Å². The zero-order valence-electron chi connectivity index (χ0n) is 14.3. The fraction of sp³-hybridized carbons (Fsp3) is 0.250. The summed E-state index contributed by atoms with van der Waals surface area (Å²) in [5.74, 6) is 0.675. The number of furan rings is 1. The normalized spacial score (nSPS) is 13.6. The molecule has 2 N–H and O–H groups in total. The molecule has 0 aliphatic carbocycles. The minimum Gasteiger partial charge on any atom is -0.459 e. The third-order valence-electron chi connectivity index (χ3n) is 4.19. The van der Waals surface area contributed by atoms with Crippen molar-refractivity contribution in [2.45, 2.75) is 25.9 Å². The predicted octanol–water partition coefficient (Wildman–Crippen LogP) is 4.61. The number of amides is 1. The Labute approximate surface area is 152 Å². The van der Waals surface area contributed by atoms with E-state index in [1.807, 2.05) is 68.4 Å². The highest BCUT2D eigenvalue weighted by atomic mass is 35.5. The van der Waals surface area contributed by atoms with Gasteiger partial charge in [-0.25, -0.2) is 0 Å². The molecule has 2 aromatic carbocycles. The Morgan fingerprint density at radius 2 is 1.80 bits per heavy atom. The molecule has 1 aromatic heterocycles. The number of carbonyl (C=O) groups is 1. The molecule has 0 bridgehead atoms. The molecule has 5 heteroatoms. The van der Waals surface area contributed by atoms with Gasteiger partial charge in [0, 0.05) is 16.5 Å². The van der Waals surface area contributed by atoms with Crippen molar-refractivity contribution in [3.05, 3.63) is 70.9 Å². The Kier molecular flexibility index (Phi) is 5.41. The second kappa shape index (κ2) is 7.72. The molecule has 0 aliphatic heterocycles. The van der Waals surface area contributed by atoms with E-state index in [4.69, 9.17) is 16.0 Å². The van der Waals surface area contributed by atoms with E-state index >= 15 is 0 Å². The third kappa shape index (κ3) is 4.41. The quantitative estimate of drug-likeness (QED) is 0.677. The number of fused-ring (bicyclic) bond motifs is 1. The monoisotopic (exact) mass is 356 g/mol. The van der Waals surface area contributed by atoms with Crippen molar-refractivity contribution >= 4 is 28.5 Å². The van der Waals surface area contributed by atoms with Crippen LogP contribution in [0.2, 0.25) is 5.02 Å². The largest absolute Gasteiger partial charge is 0.459 e. The average Bonchev–Trinajstić information content (AvgIpc) is 3.04. The van der Waals surface area contributed by atoms with Crippen LogP contribution in [0.25, 0.3) is 11.0 Å². The molecule has 0 spiro atoms. The summed E-state index contributed by atoms with van der Waals surface area (Å²) in [5, 5.41) is 7.91. The van der Waals surface area contributed by atoms with Gasteiger partial charge in [-0.3, -0.25) is 4.79 Å². The molecule has 130 valence electrons. The van der Waals surface area contributed by atoms with Gasteiger partial charge in [0.05, 0.1) is 12.6 Å². The molecule has 0 aliphatic rings. The van der Waals surface area contributed by atoms with E-state index in [1.54, 1.807) is 0 Å². The summed E-state index contributed by atoms with van der Waals surface area (Å²) in [6, 6.07) is 17.2. The summed E-state index contributed by atoms with van der Waals surface area (Å²) >= 11 is 5.90. The van der Waals surface area contributed by atoms with Crippen molar-refractivity contribution in [1.29, 1.82) is 0 Å². The summed E-state index contributed by atoms with van der Waals surface area (Å²) in [4.78, 5) is 12.2. The van der Waals surface area contributed by atoms with Gasteiger partial charge >= 0.3 is 0 Å². The Hall–Kier alpha value is -2.30. The number of benzene rings is 2. The number of nitrogens with one attached hydrogen (secondary N) is 2. The van der Waals surface area contributed by atoms with Gasteiger partial charge in [0.25, 0.3) is 0 Å². The molecule has 0 saturated heterocycles. The van der Waals surface area contributed by atoms with Crippen LogP contribution in [0.15, 0.2) is 59.0 Å². The highest BCUT2D eigenvalue weighted by molar-refractivity contribution is 6.30. The summed E-state index contributed by atoms with van der Waals surface area (Å²) in [6.45, 7) is 4.16. The van der Waals surface area contributed by atoms with Gasteiger partial charge in [-0.15, -0.1) is 0 Å². The topological polar surface area (TPSA) is 54.3 Å². The zero-order chi connectivity index (χ0) is 17.8. The van der Waals surface area contributed by atoms with E-state index < -0.39 is 0 Å². The van der Waals surface area contributed by atoms with Gasteiger partial charge < -0.3 is 15.1 Å². The summed E-state index contributed by atoms with van der Waals surface area (Å²) in [5.41, 5.74) is 1.91. The van der Waals surface area contributed by atoms with Crippen LogP contribution in [0.5, 0.6) is 0 Å². The van der Waals surface area contributed by atoms with Gasteiger partial charge in [-0.2, -0.15) is 0 Å². The van der Waals surface area contributed by atoms with Crippen LogP contribution in [-0.2, 0) is 4.79 Å². The van der Waals surface area contributed by atoms with Gasteiger partial charge in [0.15, 0.2) is 0 Å². The molecule has 0 unspecified atom stereocenters. The van der Waals surface area contributed by atoms with Gasteiger partial charge in [-0.1, -0.05) is 41.9 Å². The SMILES string of the molecule is C[C@H](NC(=O)CN[C@H](C)c1ccc(Cl)cc1)c1cc2ccccc2o1. The van der Waals surface area contributed by atoms with E-state index in [-0.39, 0.29) is 24.5 Å². The molecule has 25 heavy (non-hydrogen) atoms. The van der Waals surface area contributed by atoms with Gasteiger partial charge in [-0.05, 0) is 43.7 Å². The Bertz CT molecular complexity index is 825. The Morgan fingerprint density at radius 1 is 1.08 bits per heavy atom. The number of carbonyl (C=O) groups excluding carboxylic acids is 1. The minimum absolute atomic E-state index is 0.0597. The fourth-order valence-electron chi connectivity index (χ4n) is 2.69. The second-order valence-electron chi connectivity index (χ2n) is 6.13. The Balaban J connectivity index is 1.53. The molecule has 3 rings (SSSR count). The van der Waals surface area contributed by atoms with Gasteiger partial charge in [0.2, 0.25) is 5.91 Å². The van der Waals surface area contributed by atoms with E-state index in [9.17, 15) is 4.79 Å². The summed E-state index contributed by atoms with van der Waals surface area (Å²) in [7, 11) is 0. The first-order valence-corrected chi connectivity index (χ1v) is 8.67. The van der Waals surface area contributed by atoms with Crippen LogP contribution in [0.3, 0.4) is 0 Å². The number of hydrogen-bond acceptors (Lipinski definition) is 3. The van der Waals surface area contributed by atoms with Crippen LogP contribution in [0.1, 0.15) is 37.3 Å². The maximum absolute atomic E-state index is 12.2. The molecule has 0 radical (unpaired) electrons. The van der Waals surface area contributed by atoms with Crippen molar-refractivity contribution < 1.29 is 9.21 Å². The van der Waals surface area contributed by atoms with Crippen molar-refractivity contribution in [2.75, 3.05) is 6.54 Å². The van der Waals surface area contributed by atoms with Crippen molar-refractivity contribution in [3.8, 4) is 0 Å². The fourth-order valence-corrected chi connectivity index (χ4v) is 2.82. The molecule has 4 nitrogen and oxygen atoms in total. The lowest BCUT2D eigenvalue weighted by Gasteiger charge is -2.16. The molecule has 3 aromatic rings. The highest BCUT2D eigenvalue weighted by Crippen LogP contribution is 2.23. The molecule has 1 amide bonds. The minimum atomic E-state index is -0.187. The van der Waals surface area contributed by atoms with Crippen LogP contribution in [-0.4, -0.2) is 12.5 Å². The van der Waals surface area contributed by atoms with Crippen molar-refractivity contribution in [3.63, 3.8) is 0 Å². The first-order chi connectivity index (χ1) is 12.0. The first-order valence-electron chi connectivity index (χ1n) is 8.29. The molecule has 2 atom stereocenters. The van der Waals surface area contributed by atoms with Crippen molar-refractivity contribution in [1.82, 2.24) is 10.6 Å². The van der Waals surface area contributed by atoms with Gasteiger partial charge in [0.1, 0.15) is 11.3 Å². The third-order valence-corrected chi connectivity index (χ3v) is 4.44. The lowest BCUT2D eigenvalue weighted by molar-refractivity contribution is -0.121. The zero-order valence-corrected chi connectivity index (χ0v) is 15.0. The van der Waals surface area contributed by atoms with Crippen LogP contribution < -0.4 is 10.6 Å². The molecule has 0 saturated carbocycles. The number of rotatable bonds is 6. The van der Waals surface area contributed by atoms with Crippen LogP contribution >= 0.6 is 11.6 Å².